The molecule has 0 rings (SSSR count). The minimum atomic E-state index is -0.603. The first-order chi connectivity index (χ1) is 8.35. The van der Waals surface area contributed by atoms with E-state index < -0.39 is 5.54 Å². The molecule has 1 atom stereocenters. The smallest absolute Gasteiger partial charge is 0.237 e. The summed E-state index contributed by atoms with van der Waals surface area (Å²) in [6.07, 6.45) is 3.05. The van der Waals surface area contributed by atoms with Crippen molar-refractivity contribution < 1.29 is 4.79 Å². The molecule has 0 aliphatic rings. The summed E-state index contributed by atoms with van der Waals surface area (Å²) in [5, 5.41) is 3.29. The number of nitrogens with two attached hydrogens (primary N) is 1. The van der Waals surface area contributed by atoms with Gasteiger partial charge in [-0.15, -0.1) is 0 Å². The topological polar surface area (TPSA) is 58.4 Å². The number of carbonyl (C=O) groups is 1. The minimum absolute atomic E-state index is 0.258. The average Bonchev–Trinajstić information content (AvgIpc) is 2.25. The third-order valence-corrected chi connectivity index (χ3v) is 3.16. The highest BCUT2D eigenvalue weighted by atomic mass is 16.1. The van der Waals surface area contributed by atoms with E-state index in [-0.39, 0.29) is 11.9 Å². The molecule has 1 unspecified atom stereocenters. The third-order valence-electron chi connectivity index (χ3n) is 3.16. The van der Waals surface area contributed by atoms with Crippen molar-refractivity contribution in [1.29, 1.82) is 0 Å². The van der Waals surface area contributed by atoms with Gasteiger partial charge in [0, 0.05) is 12.6 Å². The molecular formula is C14H31N3O. The molecule has 18 heavy (non-hydrogen) atoms. The molecule has 0 aromatic carbocycles. The molecule has 0 aromatic heterocycles. The summed E-state index contributed by atoms with van der Waals surface area (Å²) in [6.45, 7) is 13.4. The summed E-state index contributed by atoms with van der Waals surface area (Å²) >= 11 is 0. The van der Waals surface area contributed by atoms with Crippen LogP contribution >= 0.6 is 0 Å². The molecule has 0 fully saturated rings. The molecule has 0 aromatic rings. The Balaban J connectivity index is 4.44. The molecule has 4 heteroatoms. The van der Waals surface area contributed by atoms with Crippen LogP contribution in [0.15, 0.2) is 0 Å². The highest BCUT2D eigenvalue weighted by Gasteiger charge is 2.31. The van der Waals surface area contributed by atoms with Gasteiger partial charge in [-0.25, -0.2) is 0 Å². The van der Waals surface area contributed by atoms with Gasteiger partial charge in [0.1, 0.15) is 0 Å². The van der Waals surface area contributed by atoms with Crippen molar-refractivity contribution >= 4 is 5.91 Å². The van der Waals surface area contributed by atoms with E-state index >= 15 is 0 Å². The van der Waals surface area contributed by atoms with Crippen LogP contribution in [0.4, 0.5) is 0 Å². The van der Waals surface area contributed by atoms with Gasteiger partial charge in [0.25, 0.3) is 0 Å². The number of amides is 1. The predicted molar refractivity (Wildman–Crippen MR) is 77.5 cm³/mol. The van der Waals surface area contributed by atoms with Gasteiger partial charge in [-0.2, -0.15) is 0 Å². The highest BCUT2D eigenvalue weighted by molar-refractivity contribution is 5.84. The Kier molecular flexibility index (Phi) is 8.20. The Bertz CT molecular complexity index is 237. The fraction of sp³-hybridized carbons (Fsp3) is 0.929. The van der Waals surface area contributed by atoms with E-state index in [0.717, 1.165) is 38.9 Å². The third kappa shape index (κ3) is 6.36. The molecule has 0 aliphatic heterocycles. The lowest BCUT2D eigenvalue weighted by Gasteiger charge is -2.32. The summed E-state index contributed by atoms with van der Waals surface area (Å²) in [4.78, 5) is 14.0. The Morgan fingerprint density at radius 2 is 1.72 bits per heavy atom. The first-order valence-electron chi connectivity index (χ1n) is 7.15. The number of primary amides is 1. The number of hydrogen-bond donors (Lipinski definition) is 2. The SMILES string of the molecule is CCCN(CCC)CCC(C)(NC(C)C)C(N)=O. The van der Waals surface area contributed by atoms with Crippen LogP contribution in [0.3, 0.4) is 0 Å². The Morgan fingerprint density at radius 1 is 1.22 bits per heavy atom. The van der Waals surface area contributed by atoms with E-state index in [1.165, 1.54) is 0 Å². The standard InChI is InChI=1S/C14H31N3O/c1-6-9-17(10-7-2)11-8-14(5,13(15)18)16-12(3)4/h12,16H,6-11H2,1-5H3,(H2,15,18). The van der Waals surface area contributed by atoms with Gasteiger partial charge in [0.15, 0.2) is 0 Å². The fourth-order valence-electron chi connectivity index (χ4n) is 2.25. The number of nitrogens with zero attached hydrogens (tertiary/aromatic N) is 1. The van der Waals surface area contributed by atoms with Crippen molar-refractivity contribution in [2.45, 2.75) is 65.5 Å². The minimum Gasteiger partial charge on any atom is -0.368 e. The molecule has 1 amide bonds. The van der Waals surface area contributed by atoms with Crippen LogP contribution in [0.1, 0.15) is 53.9 Å². The van der Waals surface area contributed by atoms with Gasteiger partial charge >= 0.3 is 0 Å². The lowest BCUT2D eigenvalue weighted by molar-refractivity contribution is -0.124. The van der Waals surface area contributed by atoms with Crippen LogP contribution in [0, 0.1) is 0 Å². The fourth-order valence-corrected chi connectivity index (χ4v) is 2.25. The summed E-state index contributed by atoms with van der Waals surface area (Å²) in [6, 6.07) is 0.258. The second kappa shape index (κ2) is 8.48. The Labute approximate surface area is 112 Å². The number of carbonyl (C=O) groups excluding carboxylic acids is 1. The van der Waals surface area contributed by atoms with Crippen LogP contribution in [0.5, 0.6) is 0 Å². The molecule has 108 valence electrons. The lowest BCUT2D eigenvalue weighted by Crippen LogP contribution is -2.56. The highest BCUT2D eigenvalue weighted by Crippen LogP contribution is 2.12. The predicted octanol–water partition coefficient (Wildman–Crippen LogP) is 1.74. The summed E-state index contributed by atoms with van der Waals surface area (Å²) < 4.78 is 0. The molecule has 0 saturated carbocycles. The largest absolute Gasteiger partial charge is 0.368 e. The van der Waals surface area contributed by atoms with Crippen molar-refractivity contribution in [3.8, 4) is 0 Å². The first-order valence-corrected chi connectivity index (χ1v) is 7.15. The average molecular weight is 257 g/mol. The van der Waals surface area contributed by atoms with E-state index in [4.69, 9.17) is 5.73 Å². The maximum atomic E-state index is 11.6. The van der Waals surface area contributed by atoms with Crippen LogP contribution in [-0.4, -0.2) is 42.0 Å². The first kappa shape index (κ1) is 17.4. The van der Waals surface area contributed by atoms with E-state index in [2.05, 4.69) is 24.1 Å². The Hall–Kier alpha value is -0.610. The molecule has 4 nitrogen and oxygen atoms in total. The molecule has 0 radical (unpaired) electrons. The Morgan fingerprint density at radius 3 is 2.06 bits per heavy atom. The zero-order chi connectivity index (χ0) is 14.2. The maximum absolute atomic E-state index is 11.6. The zero-order valence-electron chi connectivity index (χ0n) is 12.8. The summed E-state index contributed by atoms with van der Waals surface area (Å²) in [5.74, 6) is -0.260. The second-order valence-corrected chi connectivity index (χ2v) is 5.59. The van der Waals surface area contributed by atoms with Crippen LogP contribution in [-0.2, 0) is 4.79 Å². The number of nitrogens with one attached hydrogen (secondary N) is 1. The van der Waals surface area contributed by atoms with Gasteiger partial charge in [0.2, 0.25) is 5.91 Å². The normalized spacial score (nSPS) is 15.1. The van der Waals surface area contributed by atoms with E-state index in [1.807, 2.05) is 20.8 Å². The van der Waals surface area contributed by atoms with Crippen molar-refractivity contribution in [3.05, 3.63) is 0 Å². The molecule has 0 aliphatic carbocycles. The van der Waals surface area contributed by atoms with E-state index in [9.17, 15) is 4.79 Å². The molecule has 3 N–H and O–H groups in total. The lowest BCUT2D eigenvalue weighted by atomic mass is 9.95. The van der Waals surface area contributed by atoms with Crippen molar-refractivity contribution in [1.82, 2.24) is 10.2 Å². The molecule has 0 heterocycles. The van der Waals surface area contributed by atoms with Gasteiger partial charge in [-0.3, -0.25) is 4.79 Å². The van der Waals surface area contributed by atoms with Crippen molar-refractivity contribution in [2.75, 3.05) is 19.6 Å². The second-order valence-electron chi connectivity index (χ2n) is 5.59. The van der Waals surface area contributed by atoms with Gasteiger partial charge in [-0.05, 0) is 53.1 Å². The van der Waals surface area contributed by atoms with Gasteiger partial charge in [0.05, 0.1) is 5.54 Å². The number of hydrogen-bond acceptors (Lipinski definition) is 3. The number of rotatable bonds is 10. The van der Waals surface area contributed by atoms with Crippen LogP contribution < -0.4 is 11.1 Å². The molecule has 0 spiro atoms. The molecular weight excluding hydrogens is 226 g/mol. The summed E-state index contributed by atoms with van der Waals surface area (Å²) in [5.41, 5.74) is 4.93. The van der Waals surface area contributed by atoms with Crippen molar-refractivity contribution in [2.24, 2.45) is 5.73 Å². The quantitative estimate of drug-likeness (QED) is 0.627. The monoisotopic (exact) mass is 257 g/mol. The van der Waals surface area contributed by atoms with E-state index in [1.54, 1.807) is 0 Å². The molecule has 0 saturated heterocycles. The maximum Gasteiger partial charge on any atom is 0.237 e. The summed E-state index contributed by atoms with van der Waals surface area (Å²) in [7, 11) is 0. The van der Waals surface area contributed by atoms with Crippen LogP contribution in [0.25, 0.3) is 0 Å². The van der Waals surface area contributed by atoms with Gasteiger partial charge in [-0.1, -0.05) is 13.8 Å². The van der Waals surface area contributed by atoms with Gasteiger partial charge < -0.3 is 16.0 Å². The zero-order valence-corrected chi connectivity index (χ0v) is 12.8. The van der Waals surface area contributed by atoms with E-state index in [0.29, 0.717) is 0 Å². The molecule has 0 bridgehead atoms. The van der Waals surface area contributed by atoms with Crippen molar-refractivity contribution in [3.63, 3.8) is 0 Å². The van der Waals surface area contributed by atoms with Crippen LogP contribution in [0.2, 0.25) is 0 Å².